The molecule has 0 bridgehead atoms. The molecule has 1 aromatic carbocycles. The van der Waals surface area contributed by atoms with Crippen molar-refractivity contribution in [2.75, 3.05) is 44.0 Å². The van der Waals surface area contributed by atoms with E-state index in [4.69, 9.17) is 4.74 Å². The second kappa shape index (κ2) is 8.84. The Morgan fingerprint density at radius 1 is 1.25 bits per heavy atom. The third kappa shape index (κ3) is 4.69. The maximum Gasteiger partial charge on any atom is 0.233 e. The molecule has 1 saturated heterocycles. The van der Waals surface area contributed by atoms with Gasteiger partial charge in [-0.15, -0.1) is 10.2 Å². The molecule has 1 aliphatic heterocycles. The summed E-state index contributed by atoms with van der Waals surface area (Å²) in [5, 5.41) is 9.67. The number of benzene rings is 1. The summed E-state index contributed by atoms with van der Waals surface area (Å²) < 4.78 is 8.71. The first kappa shape index (κ1) is 19.7. The lowest BCUT2D eigenvalue weighted by atomic mass is 10.2. The summed E-state index contributed by atoms with van der Waals surface area (Å²) >= 11 is 4.92. The molecule has 0 radical (unpaired) electrons. The first-order valence-electron chi connectivity index (χ1n) is 9.50. The molecule has 2 aliphatic rings. The Hall–Kier alpha value is -1.58. The van der Waals surface area contributed by atoms with E-state index in [-0.39, 0.29) is 5.91 Å². The van der Waals surface area contributed by atoms with E-state index in [0.717, 1.165) is 60.3 Å². The van der Waals surface area contributed by atoms with Gasteiger partial charge in [0.25, 0.3) is 0 Å². The maximum atomic E-state index is 12.6. The van der Waals surface area contributed by atoms with Gasteiger partial charge in [0.15, 0.2) is 5.16 Å². The molecule has 0 atom stereocenters. The van der Waals surface area contributed by atoms with Crippen molar-refractivity contribution in [3.8, 4) is 0 Å². The lowest BCUT2D eigenvalue weighted by Crippen LogP contribution is -2.38. The predicted octanol–water partition coefficient (Wildman–Crippen LogP) is 2.96. The van der Waals surface area contributed by atoms with Crippen molar-refractivity contribution in [1.29, 1.82) is 0 Å². The molecule has 1 aromatic heterocycles. The summed E-state index contributed by atoms with van der Waals surface area (Å²) in [6, 6.07) is 8.51. The fraction of sp³-hybridized carbons (Fsp3) is 0.526. The van der Waals surface area contributed by atoms with E-state index in [1.54, 1.807) is 4.90 Å². The smallest absolute Gasteiger partial charge is 0.233 e. The number of nitrogens with zero attached hydrogens (tertiary/aromatic N) is 5. The third-order valence-electron chi connectivity index (χ3n) is 4.94. The zero-order valence-electron chi connectivity index (χ0n) is 15.9. The number of thioether (sulfide) groups is 1. The van der Waals surface area contributed by atoms with E-state index in [1.807, 2.05) is 31.3 Å². The molecule has 2 aromatic rings. The van der Waals surface area contributed by atoms with Gasteiger partial charge in [-0.05, 0) is 30.5 Å². The van der Waals surface area contributed by atoms with Gasteiger partial charge in [0.2, 0.25) is 11.9 Å². The number of rotatable bonds is 7. The number of morpholine rings is 1. The van der Waals surface area contributed by atoms with Crippen molar-refractivity contribution >= 4 is 39.5 Å². The van der Waals surface area contributed by atoms with Crippen molar-refractivity contribution in [1.82, 2.24) is 19.7 Å². The normalized spacial score (nSPS) is 17.0. The average molecular weight is 466 g/mol. The van der Waals surface area contributed by atoms with E-state index in [1.165, 1.54) is 11.8 Å². The van der Waals surface area contributed by atoms with Gasteiger partial charge < -0.3 is 14.5 Å². The van der Waals surface area contributed by atoms with E-state index in [0.29, 0.717) is 18.3 Å². The largest absolute Gasteiger partial charge is 0.378 e. The highest BCUT2D eigenvalue weighted by atomic mass is 79.9. The van der Waals surface area contributed by atoms with Crippen LogP contribution in [0.4, 0.5) is 5.95 Å². The summed E-state index contributed by atoms with van der Waals surface area (Å²) in [4.78, 5) is 16.6. The van der Waals surface area contributed by atoms with Crippen LogP contribution in [0.25, 0.3) is 0 Å². The minimum Gasteiger partial charge on any atom is -0.378 e. The molecule has 0 spiro atoms. The van der Waals surface area contributed by atoms with Gasteiger partial charge in [-0.3, -0.25) is 9.36 Å². The zero-order chi connectivity index (χ0) is 19.5. The lowest BCUT2D eigenvalue weighted by molar-refractivity contribution is -0.127. The first-order chi connectivity index (χ1) is 13.6. The van der Waals surface area contributed by atoms with Gasteiger partial charge in [-0.25, -0.2) is 0 Å². The van der Waals surface area contributed by atoms with Crippen LogP contribution in [0.5, 0.6) is 0 Å². The summed E-state index contributed by atoms with van der Waals surface area (Å²) in [7, 11) is 1.84. The van der Waals surface area contributed by atoms with Crippen LogP contribution in [0.15, 0.2) is 33.9 Å². The van der Waals surface area contributed by atoms with Gasteiger partial charge in [0.1, 0.15) is 0 Å². The second-order valence-electron chi connectivity index (χ2n) is 7.15. The topological polar surface area (TPSA) is 63.5 Å². The fourth-order valence-corrected chi connectivity index (χ4v) is 4.39. The SMILES string of the molecule is CN(Cc1ccc(Br)cc1)C(=O)CSc1nnc(N2CCOCC2)n1C1CC1. The van der Waals surface area contributed by atoms with Gasteiger partial charge in [0.05, 0.1) is 19.0 Å². The van der Waals surface area contributed by atoms with E-state index in [9.17, 15) is 4.79 Å². The minimum atomic E-state index is 0.0891. The van der Waals surface area contributed by atoms with Crippen molar-refractivity contribution in [2.24, 2.45) is 0 Å². The highest BCUT2D eigenvalue weighted by Crippen LogP contribution is 2.41. The van der Waals surface area contributed by atoms with Crippen molar-refractivity contribution in [3.63, 3.8) is 0 Å². The highest BCUT2D eigenvalue weighted by molar-refractivity contribution is 9.10. The van der Waals surface area contributed by atoms with Gasteiger partial charge in [-0.1, -0.05) is 39.8 Å². The number of halogens is 1. The molecule has 4 rings (SSSR count). The standard InChI is InChI=1S/C19H24BrN5O2S/c1-23(12-14-2-4-15(20)5-3-14)17(26)13-28-19-22-21-18(25(19)16-6-7-16)24-8-10-27-11-9-24/h2-5,16H,6-13H2,1H3. The molecule has 2 heterocycles. The number of anilines is 1. The molecule has 28 heavy (non-hydrogen) atoms. The van der Waals surface area contributed by atoms with Crippen molar-refractivity contribution in [2.45, 2.75) is 30.6 Å². The molecule has 150 valence electrons. The summed E-state index contributed by atoms with van der Waals surface area (Å²) in [5.74, 6) is 1.37. The average Bonchev–Trinajstić information content (AvgIpc) is 3.47. The van der Waals surface area contributed by atoms with Gasteiger partial charge >= 0.3 is 0 Å². The van der Waals surface area contributed by atoms with Crippen LogP contribution in [0, 0.1) is 0 Å². The second-order valence-corrected chi connectivity index (χ2v) is 9.01. The number of carbonyl (C=O) groups is 1. The Kier molecular flexibility index (Phi) is 6.22. The third-order valence-corrected chi connectivity index (χ3v) is 6.39. The number of amides is 1. The number of carbonyl (C=O) groups excluding carboxylic acids is 1. The quantitative estimate of drug-likeness (QED) is 0.585. The molecule has 0 unspecified atom stereocenters. The molecular formula is C19H24BrN5O2S. The van der Waals surface area contributed by atoms with Crippen LogP contribution in [0.1, 0.15) is 24.4 Å². The van der Waals surface area contributed by atoms with E-state index in [2.05, 4.69) is 35.6 Å². The van der Waals surface area contributed by atoms with Crippen LogP contribution in [0.2, 0.25) is 0 Å². The Balaban J connectivity index is 1.38. The minimum absolute atomic E-state index is 0.0891. The summed E-state index contributed by atoms with van der Waals surface area (Å²) in [5.41, 5.74) is 1.11. The van der Waals surface area contributed by atoms with Crippen LogP contribution in [0.3, 0.4) is 0 Å². The Labute approximate surface area is 177 Å². The molecule has 0 N–H and O–H groups in total. The molecule has 9 heteroatoms. The summed E-state index contributed by atoms with van der Waals surface area (Å²) in [6.45, 7) is 3.72. The lowest BCUT2D eigenvalue weighted by Gasteiger charge is -2.28. The fourth-order valence-electron chi connectivity index (χ4n) is 3.19. The number of aromatic nitrogens is 3. The first-order valence-corrected chi connectivity index (χ1v) is 11.3. The van der Waals surface area contributed by atoms with Crippen molar-refractivity contribution < 1.29 is 9.53 Å². The zero-order valence-corrected chi connectivity index (χ0v) is 18.3. The summed E-state index contributed by atoms with van der Waals surface area (Å²) in [6.07, 6.45) is 2.31. The molecule has 7 nitrogen and oxygen atoms in total. The van der Waals surface area contributed by atoms with Crippen LogP contribution >= 0.6 is 27.7 Å². The Bertz CT molecular complexity index is 818. The predicted molar refractivity (Wildman–Crippen MR) is 113 cm³/mol. The Morgan fingerprint density at radius 2 is 1.96 bits per heavy atom. The van der Waals surface area contributed by atoms with Crippen LogP contribution < -0.4 is 4.90 Å². The van der Waals surface area contributed by atoms with E-state index < -0.39 is 0 Å². The van der Waals surface area contributed by atoms with Crippen molar-refractivity contribution in [3.05, 3.63) is 34.3 Å². The number of ether oxygens (including phenoxy) is 1. The molecular weight excluding hydrogens is 442 g/mol. The molecule has 1 saturated carbocycles. The maximum absolute atomic E-state index is 12.6. The number of hydrogen-bond acceptors (Lipinski definition) is 6. The van der Waals surface area contributed by atoms with Crippen LogP contribution in [-0.2, 0) is 16.1 Å². The van der Waals surface area contributed by atoms with Crippen LogP contribution in [-0.4, -0.2) is 64.7 Å². The monoisotopic (exact) mass is 465 g/mol. The van der Waals surface area contributed by atoms with E-state index >= 15 is 0 Å². The molecule has 1 amide bonds. The van der Waals surface area contributed by atoms with Gasteiger partial charge in [-0.2, -0.15) is 0 Å². The van der Waals surface area contributed by atoms with Gasteiger partial charge in [0, 0.05) is 37.2 Å². The Morgan fingerprint density at radius 3 is 2.64 bits per heavy atom. The highest BCUT2D eigenvalue weighted by Gasteiger charge is 2.32. The molecule has 1 aliphatic carbocycles. The number of hydrogen-bond donors (Lipinski definition) is 0. The molecule has 2 fully saturated rings.